The number of nitrogens with two attached hydrogens (primary N) is 1. The Morgan fingerprint density at radius 3 is 2.86 bits per heavy atom. The molecule has 1 aromatic carbocycles. The number of carbonyl (C=O) groups is 1. The fraction of sp³-hybridized carbons (Fsp3) is 0.588. The third kappa shape index (κ3) is 5.38. The maximum Gasteiger partial charge on any atom is 0.220 e. The fourth-order valence-electron chi connectivity index (χ4n) is 2.93. The molecule has 4 N–H and O–H groups in total. The van der Waals surface area contributed by atoms with E-state index in [-0.39, 0.29) is 5.91 Å². The van der Waals surface area contributed by atoms with Gasteiger partial charge in [-0.1, -0.05) is 19.1 Å². The van der Waals surface area contributed by atoms with Crippen molar-refractivity contribution in [3.8, 4) is 0 Å². The molecule has 21 heavy (non-hydrogen) atoms. The van der Waals surface area contributed by atoms with E-state index in [1.807, 2.05) is 24.3 Å². The Labute approximate surface area is 127 Å². The van der Waals surface area contributed by atoms with Crippen LogP contribution in [0, 0.1) is 11.8 Å². The highest BCUT2D eigenvalue weighted by Gasteiger charge is 2.21. The van der Waals surface area contributed by atoms with Crippen LogP contribution in [0.5, 0.6) is 0 Å². The highest BCUT2D eigenvalue weighted by Crippen LogP contribution is 2.22. The zero-order valence-electron chi connectivity index (χ0n) is 12.9. The van der Waals surface area contributed by atoms with E-state index in [1.165, 1.54) is 18.4 Å². The van der Waals surface area contributed by atoms with E-state index in [1.54, 1.807) is 0 Å². The summed E-state index contributed by atoms with van der Waals surface area (Å²) in [5.74, 6) is 1.26. The molecule has 2 unspecified atom stereocenters. The van der Waals surface area contributed by atoms with E-state index in [2.05, 4.69) is 17.6 Å². The van der Waals surface area contributed by atoms with E-state index in [9.17, 15) is 4.79 Å². The van der Waals surface area contributed by atoms with Crippen molar-refractivity contribution in [3.05, 3.63) is 29.8 Å². The molecule has 2 atom stereocenters. The summed E-state index contributed by atoms with van der Waals surface area (Å²) in [4.78, 5) is 12.0. The number of benzene rings is 1. The number of amides is 1. The van der Waals surface area contributed by atoms with Crippen LogP contribution in [0.25, 0.3) is 0 Å². The molecule has 0 aliphatic carbocycles. The zero-order chi connectivity index (χ0) is 15.1. The van der Waals surface area contributed by atoms with Crippen molar-refractivity contribution in [3.63, 3.8) is 0 Å². The average Bonchev–Trinajstić information content (AvgIpc) is 2.50. The highest BCUT2D eigenvalue weighted by molar-refractivity contribution is 5.76. The van der Waals surface area contributed by atoms with Crippen LogP contribution in [-0.2, 0) is 11.2 Å². The molecule has 1 fully saturated rings. The van der Waals surface area contributed by atoms with Gasteiger partial charge in [-0.2, -0.15) is 0 Å². The molecular weight excluding hydrogens is 262 g/mol. The molecule has 0 aromatic heterocycles. The minimum absolute atomic E-state index is 0.170. The predicted molar refractivity (Wildman–Crippen MR) is 86.9 cm³/mol. The summed E-state index contributed by atoms with van der Waals surface area (Å²) >= 11 is 0. The van der Waals surface area contributed by atoms with Gasteiger partial charge in [0.2, 0.25) is 5.91 Å². The standard InChI is InChI=1S/C17H27N3O/c1-13(15-3-2-9-19-12-15)11-17(21)20-10-8-14-4-6-16(18)7-5-14/h4-7,13,15,19H,2-3,8-12,18H2,1H3,(H,20,21). The topological polar surface area (TPSA) is 67.2 Å². The highest BCUT2D eigenvalue weighted by atomic mass is 16.1. The maximum atomic E-state index is 12.0. The summed E-state index contributed by atoms with van der Waals surface area (Å²) in [6.45, 7) is 5.06. The van der Waals surface area contributed by atoms with E-state index in [0.717, 1.165) is 25.2 Å². The van der Waals surface area contributed by atoms with Crippen LogP contribution in [0.3, 0.4) is 0 Å². The van der Waals surface area contributed by atoms with Gasteiger partial charge in [0.25, 0.3) is 0 Å². The second-order valence-corrected chi connectivity index (χ2v) is 6.13. The first-order chi connectivity index (χ1) is 10.1. The van der Waals surface area contributed by atoms with Crippen molar-refractivity contribution >= 4 is 11.6 Å². The fourth-order valence-corrected chi connectivity index (χ4v) is 2.93. The molecule has 1 aromatic rings. The van der Waals surface area contributed by atoms with E-state index in [4.69, 9.17) is 5.73 Å². The summed E-state index contributed by atoms with van der Waals surface area (Å²) < 4.78 is 0. The van der Waals surface area contributed by atoms with Crippen LogP contribution < -0.4 is 16.4 Å². The molecule has 0 saturated carbocycles. The van der Waals surface area contributed by atoms with Gasteiger partial charge in [-0.25, -0.2) is 0 Å². The van der Waals surface area contributed by atoms with Crippen molar-refractivity contribution in [1.29, 1.82) is 0 Å². The van der Waals surface area contributed by atoms with Gasteiger partial charge in [0.15, 0.2) is 0 Å². The number of anilines is 1. The Morgan fingerprint density at radius 1 is 1.43 bits per heavy atom. The minimum atomic E-state index is 0.170. The minimum Gasteiger partial charge on any atom is -0.399 e. The summed E-state index contributed by atoms with van der Waals surface area (Å²) in [7, 11) is 0. The summed E-state index contributed by atoms with van der Waals surface area (Å²) in [6.07, 6.45) is 3.96. The Bertz CT molecular complexity index is 438. The third-order valence-corrected chi connectivity index (χ3v) is 4.36. The van der Waals surface area contributed by atoms with Crippen LogP contribution in [0.4, 0.5) is 5.69 Å². The largest absolute Gasteiger partial charge is 0.399 e. The average molecular weight is 289 g/mol. The van der Waals surface area contributed by atoms with Gasteiger partial charge in [0, 0.05) is 18.7 Å². The van der Waals surface area contributed by atoms with Gasteiger partial charge in [-0.3, -0.25) is 4.79 Å². The Hall–Kier alpha value is -1.55. The van der Waals surface area contributed by atoms with Gasteiger partial charge in [0.05, 0.1) is 0 Å². The molecular formula is C17H27N3O. The molecule has 1 saturated heterocycles. The van der Waals surface area contributed by atoms with Crippen molar-refractivity contribution in [1.82, 2.24) is 10.6 Å². The number of carbonyl (C=O) groups excluding carboxylic acids is 1. The zero-order valence-corrected chi connectivity index (χ0v) is 12.9. The smallest absolute Gasteiger partial charge is 0.220 e. The quantitative estimate of drug-likeness (QED) is 0.701. The lowest BCUT2D eigenvalue weighted by Crippen LogP contribution is -2.36. The van der Waals surface area contributed by atoms with Gasteiger partial charge in [0.1, 0.15) is 0 Å². The molecule has 4 nitrogen and oxygen atoms in total. The molecule has 116 valence electrons. The number of piperidine rings is 1. The van der Waals surface area contributed by atoms with Gasteiger partial charge < -0.3 is 16.4 Å². The van der Waals surface area contributed by atoms with Crippen molar-refractivity contribution in [2.24, 2.45) is 11.8 Å². The number of hydrogen-bond donors (Lipinski definition) is 3. The lowest BCUT2D eigenvalue weighted by atomic mass is 9.85. The van der Waals surface area contributed by atoms with Crippen molar-refractivity contribution < 1.29 is 4.79 Å². The first kappa shape index (κ1) is 15.8. The molecule has 2 rings (SSSR count). The van der Waals surface area contributed by atoms with Crippen LogP contribution in [0.2, 0.25) is 0 Å². The van der Waals surface area contributed by atoms with Gasteiger partial charge in [-0.05, 0) is 61.9 Å². The number of nitrogen functional groups attached to an aromatic ring is 1. The predicted octanol–water partition coefficient (Wildman–Crippen LogP) is 1.95. The summed E-state index contributed by atoms with van der Waals surface area (Å²) in [6, 6.07) is 7.82. The van der Waals surface area contributed by atoms with E-state index >= 15 is 0 Å². The number of nitrogens with one attached hydrogen (secondary N) is 2. The Balaban J connectivity index is 1.65. The van der Waals surface area contributed by atoms with E-state index < -0.39 is 0 Å². The molecule has 0 radical (unpaired) electrons. The SMILES string of the molecule is CC(CC(=O)NCCc1ccc(N)cc1)C1CCCNC1. The lowest BCUT2D eigenvalue weighted by Gasteiger charge is -2.28. The van der Waals surface area contributed by atoms with Crippen LogP contribution >= 0.6 is 0 Å². The molecule has 4 heteroatoms. The Kier molecular flexibility index (Phi) is 6.05. The van der Waals surface area contributed by atoms with Gasteiger partial charge in [-0.15, -0.1) is 0 Å². The first-order valence-electron chi connectivity index (χ1n) is 7.97. The van der Waals surface area contributed by atoms with Crippen LogP contribution in [0.1, 0.15) is 31.7 Å². The number of rotatable bonds is 6. The second kappa shape index (κ2) is 8.03. The van der Waals surface area contributed by atoms with E-state index in [0.29, 0.717) is 24.8 Å². The van der Waals surface area contributed by atoms with Crippen LogP contribution in [0.15, 0.2) is 24.3 Å². The second-order valence-electron chi connectivity index (χ2n) is 6.13. The molecule has 1 amide bonds. The van der Waals surface area contributed by atoms with Crippen molar-refractivity contribution in [2.75, 3.05) is 25.4 Å². The first-order valence-corrected chi connectivity index (χ1v) is 7.97. The summed E-state index contributed by atoms with van der Waals surface area (Å²) in [5, 5.41) is 6.44. The number of hydrogen-bond acceptors (Lipinski definition) is 3. The van der Waals surface area contributed by atoms with Crippen molar-refractivity contribution in [2.45, 2.75) is 32.6 Å². The molecule has 1 heterocycles. The Morgan fingerprint density at radius 2 is 2.19 bits per heavy atom. The monoisotopic (exact) mass is 289 g/mol. The van der Waals surface area contributed by atoms with Gasteiger partial charge >= 0.3 is 0 Å². The maximum absolute atomic E-state index is 12.0. The van der Waals surface area contributed by atoms with Crippen LogP contribution in [-0.4, -0.2) is 25.5 Å². The third-order valence-electron chi connectivity index (χ3n) is 4.36. The molecule has 1 aliphatic heterocycles. The molecule has 0 bridgehead atoms. The normalized spacial score (nSPS) is 20.0. The molecule has 0 spiro atoms. The summed E-state index contributed by atoms with van der Waals surface area (Å²) in [5.41, 5.74) is 7.63. The lowest BCUT2D eigenvalue weighted by molar-refractivity contribution is -0.122. The molecule has 1 aliphatic rings.